The van der Waals surface area contributed by atoms with Crippen molar-refractivity contribution in [1.29, 1.82) is 0 Å². The third-order valence-electron chi connectivity index (χ3n) is 3.22. The van der Waals surface area contributed by atoms with E-state index >= 15 is 0 Å². The summed E-state index contributed by atoms with van der Waals surface area (Å²) in [6, 6.07) is 0.522. The van der Waals surface area contributed by atoms with Crippen LogP contribution >= 0.6 is 11.3 Å². The largest absolute Gasteiger partial charge is 0.310 e. The molecule has 0 aromatic carbocycles. The summed E-state index contributed by atoms with van der Waals surface area (Å²) in [5, 5.41) is 12.7. The van der Waals surface area contributed by atoms with Crippen LogP contribution in [0.25, 0.3) is 0 Å². The van der Waals surface area contributed by atoms with Crippen LogP contribution in [0.1, 0.15) is 23.4 Å². The lowest BCUT2D eigenvalue weighted by molar-refractivity contribution is 0.573. The Morgan fingerprint density at radius 3 is 3.00 bits per heavy atom. The second-order valence-electron chi connectivity index (χ2n) is 4.95. The number of aromatic nitrogens is 3. The van der Waals surface area contributed by atoms with Gasteiger partial charge >= 0.3 is 0 Å². The number of rotatable bonds is 8. The van der Waals surface area contributed by atoms with E-state index in [0.717, 1.165) is 17.8 Å². The minimum atomic E-state index is -3.56. The van der Waals surface area contributed by atoms with Crippen LogP contribution in [-0.2, 0) is 23.0 Å². The Morgan fingerprint density at radius 2 is 2.29 bits per heavy atom. The molecule has 1 aliphatic carbocycles. The molecule has 9 heteroatoms. The predicted molar refractivity (Wildman–Crippen MR) is 79.5 cm³/mol. The summed E-state index contributed by atoms with van der Waals surface area (Å²) in [6.07, 6.45) is 6.18. The van der Waals surface area contributed by atoms with Crippen LogP contribution in [0.15, 0.2) is 22.8 Å². The van der Waals surface area contributed by atoms with Gasteiger partial charge in [-0.1, -0.05) is 0 Å². The zero-order chi connectivity index (χ0) is 14.7. The van der Waals surface area contributed by atoms with Crippen LogP contribution in [0.4, 0.5) is 0 Å². The van der Waals surface area contributed by atoms with Gasteiger partial charge in [0.2, 0.25) is 0 Å². The van der Waals surface area contributed by atoms with E-state index in [-0.39, 0.29) is 5.03 Å². The van der Waals surface area contributed by atoms with Gasteiger partial charge in [0.05, 0.1) is 11.2 Å². The lowest BCUT2D eigenvalue weighted by atomic mass is 10.3. The van der Waals surface area contributed by atoms with E-state index in [2.05, 4.69) is 25.2 Å². The van der Waals surface area contributed by atoms with Gasteiger partial charge in [0, 0.05) is 42.7 Å². The maximum Gasteiger partial charge on any atom is 0.257 e. The van der Waals surface area contributed by atoms with E-state index in [0.29, 0.717) is 31.1 Å². The molecule has 7 nitrogen and oxygen atoms in total. The molecular weight excluding hydrogens is 310 g/mol. The molecule has 0 aliphatic heterocycles. The van der Waals surface area contributed by atoms with Crippen molar-refractivity contribution < 1.29 is 8.42 Å². The highest BCUT2D eigenvalue weighted by Crippen LogP contribution is 2.20. The highest BCUT2D eigenvalue weighted by Gasteiger charge is 2.24. The van der Waals surface area contributed by atoms with Crippen LogP contribution in [0, 0.1) is 0 Å². The second kappa shape index (κ2) is 6.22. The van der Waals surface area contributed by atoms with Gasteiger partial charge in [0.25, 0.3) is 10.0 Å². The summed E-state index contributed by atoms with van der Waals surface area (Å²) < 4.78 is 27.1. The Morgan fingerprint density at radius 1 is 1.43 bits per heavy atom. The van der Waals surface area contributed by atoms with E-state index in [4.69, 9.17) is 0 Å². The molecule has 0 radical (unpaired) electrons. The molecule has 0 unspecified atom stereocenters. The quantitative estimate of drug-likeness (QED) is 0.661. The number of nitrogens with one attached hydrogen (secondary N) is 3. The minimum absolute atomic E-state index is 0.148. The fraction of sp³-hybridized carbons (Fsp3) is 0.500. The zero-order valence-electron chi connectivity index (χ0n) is 11.4. The van der Waals surface area contributed by atoms with E-state index < -0.39 is 10.0 Å². The van der Waals surface area contributed by atoms with Gasteiger partial charge in [-0.05, 0) is 12.8 Å². The highest BCUT2D eigenvalue weighted by molar-refractivity contribution is 7.89. The van der Waals surface area contributed by atoms with E-state index in [1.807, 2.05) is 5.38 Å². The molecule has 114 valence electrons. The Hall–Kier alpha value is -1.29. The number of nitrogens with zero attached hydrogens (tertiary/aromatic N) is 2. The summed E-state index contributed by atoms with van der Waals surface area (Å²) in [5.41, 5.74) is 0.670. The third kappa shape index (κ3) is 3.88. The summed E-state index contributed by atoms with van der Waals surface area (Å²) in [6.45, 7) is 0.842. The van der Waals surface area contributed by atoms with Gasteiger partial charge < -0.3 is 5.32 Å². The van der Waals surface area contributed by atoms with Crippen LogP contribution < -0.4 is 10.0 Å². The maximum absolute atomic E-state index is 12.3. The predicted octanol–water partition coefficient (Wildman–Crippen LogP) is 0.639. The zero-order valence-corrected chi connectivity index (χ0v) is 13.0. The van der Waals surface area contributed by atoms with Crippen molar-refractivity contribution in [3.05, 3.63) is 28.3 Å². The number of sulfonamides is 1. The van der Waals surface area contributed by atoms with E-state index in [1.54, 1.807) is 12.4 Å². The molecule has 0 amide bonds. The van der Waals surface area contributed by atoms with Gasteiger partial charge in [-0.3, -0.25) is 5.10 Å². The van der Waals surface area contributed by atoms with Crippen molar-refractivity contribution in [2.24, 2.45) is 0 Å². The lowest BCUT2D eigenvalue weighted by Crippen LogP contribution is -2.28. The standard InChI is InChI=1S/C12H17N5O2S2/c18-21(19,16-4-3-11-13-5-6-20-11)12-9(8-15-17-12)7-14-10-1-2-10/h5-6,8,10,14,16H,1-4,7H2,(H,15,17). The molecule has 0 saturated heterocycles. The van der Waals surface area contributed by atoms with Crippen LogP contribution in [0.2, 0.25) is 0 Å². The van der Waals surface area contributed by atoms with Gasteiger partial charge in [-0.15, -0.1) is 11.3 Å². The maximum atomic E-state index is 12.3. The first-order chi connectivity index (χ1) is 10.1. The van der Waals surface area contributed by atoms with Gasteiger partial charge in [-0.25, -0.2) is 18.1 Å². The van der Waals surface area contributed by atoms with Crippen molar-refractivity contribution in [1.82, 2.24) is 25.2 Å². The van der Waals surface area contributed by atoms with Crippen LogP contribution in [0.3, 0.4) is 0 Å². The minimum Gasteiger partial charge on any atom is -0.310 e. The summed E-state index contributed by atoms with van der Waals surface area (Å²) in [5.74, 6) is 0. The number of hydrogen-bond acceptors (Lipinski definition) is 6. The molecule has 2 aromatic heterocycles. The summed E-state index contributed by atoms with van der Waals surface area (Å²) >= 11 is 1.52. The molecule has 0 atom stereocenters. The molecule has 1 saturated carbocycles. The number of thiazole rings is 1. The van der Waals surface area contributed by atoms with Gasteiger partial charge in [-0.2, -0.15) is 5.10 Å². The SMILES string of the molecule is O=S(=O)(NCCc1nccs1)c1[nH]ncc1CNC1CC1. The van der Waals surface area contributed by atoms with Crippen LogP contribution in [-0.4, -0.2) is 36.2 Å². The molecule has 3 rings (SSSR count). The van der Waals surface area contributed by atoms with E-state index in [1.165, 1.54) is 11.3 Å². The first-order valence-corrected chi connectivity index (χ1v) is 9.15. The average Bonchev–Trinajstić information content (AvgIpc) is 2.93. The smallest absolute Gasteiger partial charge is 0.257 e. The van der Waals surface area contributed by atoms with Gasteiger partial charge in [0.1, 0.15) is 0 Å². The number of hydrogen-bond donors (Lipinski definition) is 3. The average molecular weight is 327 g/mol. The monoisotopic (exact) mass is 327 g/mol. The molecule has 21 heavy (non-hydrogen) atoms. The van der Waals surface area contributed by atoms with Crippen molar-refractivity contribution in [2.75, 3.05) is 6.54 Å². The Kier molecular flexibility index (Phi) is 4.34. The molecule has 1 aliphatic rings. The van der Waals surface area contributed by atoms with Crippen molar-refractivity contribution in [2.45, 2.75) is 36.9 Å². The third-order valence-corrected chi connectivity index (χ3v) is 5.53. The number of H-pyrrole nitrogens is 1. The Labute approximate surface area is 127 Å². The molecule has 1 fully saturated rings. The van der Waals surface area contributed by atoms with Crippen molar-refractivity contribution in [3.8, 4) is 0 Å². The van der Waals surface area contributed by atoms with Crippen molar-refractivity contribution >= 4 is 21.4 Å². The van der Waals surface area contributed by atoms with Crippen LogP contribution in [0.5, 0.6) is 0 Å². The molecule has 0 spiro atoms. The summed E-state index contributed by atoms with van der Waals surface area (Å²) in [7, 11) is -3.56. The highest BCUT2D eigenvalue weighted by atomic mass is 32.2. The first-order valence-electron chi connectivity index (χ1n) is 6.79. The Balaban J connectivity index is 1.59. The fourth-order valence-corrected chi connectivity index (χ4v) is 3.72. The van der Waals surface area contributed by atoms with Crippen molar-refractivity contribution in [3.63, 3.8) is 0 Å². The first kappa shape index (κ1) is 14.6. The number of aromatic amines is 1. The molecule has 2 heterocycles. The van der Waals surface area contributed by atoms with E-state index in [9.17, 15) is 8.42 Å². The Bertz CT molecular complexity index is 676. The fourth-order valence-electron chi connectivity index (χ4n) is 1.94. The molecular formula is C12H17N5O2S2. The summed E-state index contributed by atoms with van der Waals surface area (Å²) in [4.78, 5) is 4.13. The topological polar surface area (TPSA) is 99.8 Å². The molecule has 3 N–H and O–H groups in total. The molecule has 2 aromatic rings. The second-order valence-corrected chi connectivity index (χ2v) is 7.64. The van der Waals surface area contributed by atoms with Gasteiger partial charge in [0.15, 0.2) is 5.03 Å². The normalized spacial score (nSPS) is 15.4. The lowest BCUT2D eigenvalue weighted by Gasteiger charge is -2.07. The molecule has 0 bridgehead atoms.